The van der Waals surface area contributed by atoms with E-state index in [2.05, 4.69) is 5.32 Å². The topological polar surface area (TPSA) is 62.6 Å². The van der Waals surface area contributed by atoms with Gasteiger partial charge in [0.25, 0.3) is 5.91 Å². The number of amides is 2. The largest absolute Gasteiger partial charge is 0.472 e. The van der Waals surface area contributed by atoms with Crippen LogP contribution in [-0.4, -0.2) is 37.4 Å². The van der Waals surface area contributed by atoms with Crippen molar-refractivity contribution in [2.45, 2.75) is 6.42 Å². The summed E-state index contributed by atoms with van der Waals surface area (Å²) >= 11 is 0. The molecular weight excluding hydrogens is 196 g/mol. The summed E-state index contributed by atoms with van der Waals surface area (Å²) < 4.78 is 4.77. The van der Waals surface area contributed by atoms with Crippen LogP contribution in [0.1, 0.15) is 16.8 Å². The molecule has 1 aromatic heterocycles. The van der Waals surface area contributed by atoms with Gasteiger partial charge in [0.15, 0.2) is 0 Å². The molecule has 0 saturated heterocycles. The molecule has 15 heavy (non-hydrogen) atoms. The van der Waals surface area contributed by atoms with Gasteiger partial charge in [-0.2, -0.15) is 0 Å². The van der Waals surface area contributed by atoms with Crippen molar-refractivity contribution >= 4 is 11.8 Å². The summed E-state index contributed by atoms with van der Waals surface area (Å²) in [6.45, 7) is 0.334. The van der Waals surface area contributed by atoms with Crippen molar-refractivity contribution in [2.24, 2.45) is 0 Å². The Morgan fingerprint density at radius 2 is 2.20 bits per heavy atom. The first kappa shape index (κ1) is 11.3. The zero-order valence-corrected chi connectivity index (χ0v) is 8.82. The van der Waals surface area contributed by atoms with Crippen LogP contribution in [0.25, 0.3) is 0 Å². The van der Waals surface area contributed by atoms with Crippen molar-refractivity contribution in [3.63, 3.8) is 0 Å². The van der Waals surface area contributed by atoms with Crippen molar-refractivity contribution in [3.8, 4) is 0 Å². The van der Waals surface area contributed by atoms with Gasteiger partial charge in [-0.05, 0) is 6.07 Å². The van der Waals surface area contributed by atoms with Crippen molar-refractivity contribution in [1.82, 2.24) is 10.2 Å². The number of furan rings is 1. The third-order valence-electron chi connectivity index (χ3n) is 1.91. The Labute approximate surface area is 88.0 Å². The van der Waals surface area contributed by atoms with Crippen LogP contribution < -0.4 is 5.32 Å². The summed E-state index contributed by atoms with van der Waals surface area (Å²) in [6, 6.07) is 1.57. The Bertz CT molecular complexity index is 330. The molecule has 2 amide bonds. The van der Waals surface area contributed by atoms with E-state index < -0.39 is 0 Å². The maximum atomic E-state index is 11.4. The fraction of sp³-hybridized carbons (Fsp3) is 0.400. The first-order valence-corrected chi connectivity index (χ1v) is 4.62. The molecule has 1 aromatic rings. The third-order valence-corrected chi connectivity index (χ3v) is 1.91. The molecule has 0 aliphatic rings. The molecule has 1 heterocycles. The Morgan fingerprint density at radius 3 is 2.73 bits per heavy atom. The summed E-state index contributed by atoms with van der Waals surface area (Å²) in [6.07, 6.45) is 3.10. The Hall–Kier alpha value is -1.78. The lowest BCUT2D eigenvalue weighted by Crippen LogP contribution is -2.29. The van der Waals surface area contributed by atoms with E-state index in [0.717, 1.165) is 0 Å². The predicted octanol–water partition coefficient (Wildman–Crippen LogP) is 0.488. The molecule has 82 valence electrons. The van der Waals surface area contributed by atoms with Crippen molar-refractivity contribution < 1.29 is 14.0 Å². The second kappa shape index (κ2) is 5.19. The number of nitrogens with zero attached hydrogens (tertiary/aromatic N) is 1. The Kier molecular flexibility index (Phi) is 3.91. The van der Waals surface area contributed by atoms with Crippen molar-refractivity contribution in [2.75, 3.05) is 20.6 Å². The number of carbonyl (C=O) groups is 2. The summed E-state index contributed by atoms with van der Waals surface area (Å²) in [7, 11) is 3.36. The van der Waals surface area contributed by atoms with Crippen LogP contribution in [0.2, 0.25) is 0 Å². The van der Waals surface area contributed by atoms with Gasteiger partial charge in [-0.15, -0.1) is 0 Å². The highest BCUT2D eigenvalue weighted by Gasteiger charge is 2.07. The van der Waals surface area contributed by atoms with E-state index in [1.807, 2.05) is 0 Å². The van der Waals surface area contributed by atoms with Gasteiger partial charge in [0.2, 0.25) is 5.91 Å². The maximum absolute atomic E-state index is 11.4. The average molecular weight is 210 g/mol. The second-order valence-electron chi connectivity index (χ2n) is 3.31. The van der Waals surface area contributed by atoms with Gasteiger partial charge in [-0.25, -0.2) is 0 Å². The van der Waals surface area contributed by atoms with Gasteiger partial charge >= 0.3 is 0 Å². The molecule has 0 unspecified atom stereocenters. The summed E-state index contributed by atoms with van der Waals surface area (Å²) in [5, 5.41) is 2.62. The molecule has 0 aromatic carbocycles. The second-order valence-corrected chi connectivity index (χ2v) is 3.31. The minimum absolute atomic E-state index is 0.0116. The van der Waals surface area contributed by atoms with Crippen molar-refractivity contribution in [3.05, 3.63) is 24.2 Å². The number of carbonyl (C=O) groups excluding carboxylic acids is 2. The minimum atomic E-state index is -0.227. The normalized spacial score (nSPS) is 9.73. The van der Waals surface area contributed by atoms with E-state index in [1.165, 1.54) is 17.4 Å². The maximum Gasteiger partial charge on any atom is 0.254 e. The van der Waals surface area contributed by atoms with E-state index in [-0.39, 0.29) is 11.8 Å². The van der Waals surface area contributed by atoms with Crippen LogP contribution >= 0.6 is 0 Å². The summed E-state index contributed by atoms with van der Waals surface area (Å²) in [5.41, 5.74) is 0.465. The quantitative estimate of drug-likeness (QED) is 0.786. The van der Waals surface area contributed by atoms with Gasteiger partial charge in [-0.3, -0.25) is 9.59 Å². The number of hydrogen-bond donors (Lipinski definition) is 1. The molecule has 0 aliphatic carbocycles. The molecule has 0 fully saturated rings. The first-order valence-electron chi connectivity index (χ1n) is 4.62. The van der Waals surface area contributed by atoms with Crippen LogP contribution in [-0.2, 0) is 4.79 Å². The smallest absolute Gasteiger partial charge is 0.254 e. The highest BCUT2D eigenvalue weighted by Crippen LogP contribution is 1.98. The molecule has 5 heteroatoms. The van der Waals surface area contributed by atoms with Gasteiger partial charge < -0.3 is 14.6 Å². The zero-order chi connectivity index (χ0) is 11.3. The van der Waals surface area contributed by atoms with Crippen LogP contribution in [0, 0.1) is 0 Å². The lowest BCUT2D eigenvalue weighted by Gasteiger charge is -2.09. The molecular formula is C10H14N2O3. The van der Waals surface area contributed by atoms with Gasteiger partial charge in [-0.1, -0.05) is 0 Å². The SMILES string of the molecule is CN(C)C(=O)CCNC(=O)c1ccoc1. The van der Waals surface area contributed by atoms with Crippen LogP contribution in [0.3, 0.4) is 0 Å². The summed E-state index contributed by atoms with van der Waals surface area (Å²) in [4.78, 5) is 24.0. The molecule has 0 saturated carbocycles. The van der Waals surface area contributed by atoms with E-state index in [0.29, 0.717) is 18.5 Å². The standard InChI is InChI=1S/C10H14N2O3/c1-12(2)9(13)3-5-11-10(14)8-4-6-15-7-8/h4,6-7H,3,5H2,1-2H3,(H,11,14). The molecule has 0 radical (unpaired) electrons. The highest BCUT2D eigenvalue weighted by molar-refractivity contribution is 5.93. The Morgan fingerprint density at radius 1 is 1.47 bits per heavy atom. The fourth-order valence-electron chi connectivity index (χ4n) is 1.00. The first-order chi connectivity index (χ1) is 7.11. The zero-order valence-electron chi connectivity index (χ0n) is 8.82. The predicted molar refractivity (Wildman–Crippen MR) is 54.4 cm³/mol. The molecule has 5 nitrogen and oxygen atoms in total. The highest BCUT2D eigenvalue weighted by atomic mass is 16.3. The van der Waals surface area contributed by atoms with E-state index >= 15 is 0 Å². The number of nitrogens with one attached hydrogen (secondary N) is 1. The fourth-order valence-corrected chi connectivity index (χ4v) is 1.00. The average Bonchev–Trinajstić information content (AvgIpc) is 2.70. The molecule has 0 bridgehead atoms. The van der Waals surface area contributed by atoms with Gasteiger partial charge in [0, 0.05) is 27.1 Å². The van der Waals surface area contributed by atoms with E-state index in [1.54, 1.807) is 20.2 Å². The van der Waals surface area contributed by atoms with Crippen molar-refractivity contribution in [1.29, 1.82) is 0 Å². The van der Waals surface area contributed by atoms with Crippen LogP contribution in [0.15, 0.2) is 23.0 Å². The lowest BCUT2D eigenvalue weighted by atomic mass is 10.3. The van der Waals surface area contributed by atoms with Crippen LogP contribution in [0.4, 0.5) is 0 Å². The monoisotopic (exact) mass is 210 g/mol. The molecule has 1 rings (SSSR count). The summed E-state index contributed by atoms with van der Waals surface area (Å²) in [5.74, 6) is -0.238. The molecule has 0 spiro atoms. The minimum Gasteiger partial charge on any atom is -0.472 e. The molecule has 0 aliphatic heterocycles. The number of rotatable bonds is 4. The lowest BCUT2D eigenvalue weighted by molar-refractivity contribution is -0.128. The third kappa shape index (κ3) is 3.46. The molecule has 0 atom stereocenters. The molecule has 1 N–H and O–H groups in total. The Balaban J connectivity index is 2.27. The van der Waals surface area contributed by atoms with Crippen LogP contribution in [0.5, 0.6) is 0 Å². The van der Waals surface area contributed by atoms with E-state index in [9.17, 15) is 9.59 Å². The van der Waals surface area contributed by atoms with Gasteiger partial charge in [0.05, 0.1) is 11.8 Å². The number of hydrogen-bond acceptors (Lipinski definition) is 3. The van der Waals surface area contributed by atoms with E-state index in [4.69, 9.17) is 4.42 Å². The van der Waals surface area contributed by atoms with Gasteiger partial charge in [0.1, 0.15) is 6.26 Å².